The Morgan fingerprint density at radius 1 is 1.06 bits per heavy atom. The molecule has 5 nitrogen and oxygen atoms in total. The Bertz CT molecular complexity index is 1350. The molecule has 5 rings (SSSR count). The van der Waals surface area contributed by atoms with Crippen LogP contribution in [-0.2, 0) is 6.54 Å². The molecule has 0 saturated carbocycles. The minimum absolute atomic E-state index is 0.120. The number of thioether (sulfide) groups is 1. The highest BCUT2D eigenvalue weighted by Crippen LogP contribution is 2.40. The molecule has 3 heterocycles. The van der Waals surface area contributed by atoms with Crippen LogP contribution in [0.25, 0.3) is 11.0 Å². The molecule has 0 saturated heterocycles. The van der Waals surface area contributed by atoms with Crippen LogP contribution in [0.4, 0.5) is 0 Å². The predicted octanol–water partition coefficient (Wildman–Crippen LogP) is 5.47. The zero-order valence-corrected chi connectivity index (χ0v) is 18.3. The molecule has 6 heteroatoms. The minimum Gasteiger partial charge on any atom is -0.467 e. The fraction of sp³-hybridized carbons (Fsp3) is 0.200. The normalized spacial score (nSPS) is 15.6. The average molecular weight is 432 g/mol. The fourth-order valence-electron chi connectivity index (χ4n) is 4.34. The first-order valence-corrected chi connectivity index (χ1v) is 11.3. The molecule has 4 aromatic rings. The van der Waals surface area contributed by atoms with Crippen molar-refractivity contribution in [3.8, 4) is 0 Å². The van der Waals surface area contributed by atoms with Gasteiger partial charge < -0.3 is 13.7 Å². The first-order chi connectivity index (χ1) is 15.0. The Hall–Kier alpha value is -3.25. The van der Waals surface area contributed by atoms with Crippen molar-refractivity contribution in [3.05, 3.63) is 98.8 Å². The van der Waals surface area contributed by atoms with E-state index in [9.17, 15) is 9.59 Å². The van der Waals surface area contributed by atoms with Gasteiger partial charge in [-0.05, 0) is 67.1 Å². The zero-order valence-electron chi connectivity index (χ0n) is 17.5. The summed E-state index contributed by atoms with van der Waals surface area (Å²) < 4.78 is 11.6. The van der Waals surface area contributed by atoms with E-state index in [1.807, 2.05) is 62.6 Å². The molecule has 1 unspecified atom stereocenters. The van der Waals surface area contributed by atoms with Crippen LogP contribution >= 0.6 is 11.8 Å². The van der Waals surface area contributed by atoms with Crippen molar-refractivity contribution in [1.82, 2.24) is 4.90 Å². The summed E-state index contributed by atoms with van der Waals surface area (Å²) in [6.07, 6.45) is 3.59. The second-order valence-corrected chi connectivity index (χ2v) is 8.70. The number of hydrogen-bond acceptors (Lipinski definition) is 5. The molecular formula is C25H21NO4S. The van der Waals surface area contributed by atoms with E-state index in [1.165, 1.54) is 0 Å². The van der Waals surface area contributed by atoms with Gasteiger partial charge in [-0.25, -0.2) is 0 Å². The van der Waals surface area contributed by atoms with Crippen molar-refractivity contribution in [3.63, 3.8) is 0 Å². The number of furan rings is 1. The van der Waals surface area contributed by atoms with Crippen molar-refractivity contribution in [2.24, 2.45) is 0 Å². The van der Waals surface area contributed by atoms with Gasteiger partial charge in [0.05, 0.1) is 29.8 Å². The van der Waals surface area contributed by atoms with Crippen LogP contribution in [0, 0.1) is 13.8 Å². The van der Waals surface area contributed by atoms with E-state index in [1.54, 1.807) is 29.0 Å². The number of benzene rings is 2. The summed E-state index contributed by atoms with van der Waals surface area (Å²) in [5, 5.41) is 0.509. The molecule has 0 fully saturated rings. The van der Waals surface area contributed by atoms with Crippen LogP contribution in [0.3, 0.4) is 0 Å². The van der Waals surface area contributed by atoms with Crippen molar-refractivity contribution in [2.45, 2.75) is 31.3 Å². The molecule has 31 heavy (non-hydrogen) atoms. The third-order valence-electron chi connectivity index (χ3n) is 5.74. The van der Waals surface area contributed by atoms with Crippen LogP contribution in [0.1, 0.15) is 44.6 Å². The third-order valence-corrected chi connectivity index (χ3v) is 6.48. The number of nitrogens with zero attached hydrogens (tertiary/aromatic N) is 1. The summed E-state index contributed by atoms with van der Waals surface area (Å²) in [5.74, 6) is 0.468. The summed E-state index contributed by atoms with van der Waals surface area (Å²) in [6.45, 7) is 4.09. The largest absolute Gasteiger partial charge is 0.467 e. The first kappa shape index (κ1) is 19.7. The summed E-state index contributed by atoms with van der Waals surface area (Å²) in [4.78, 5) is 29.9. The van der Waals surface area contributed by atoms with Crippen LogP contribution < -0.4 is 5.43 Å². The van der Waals surface area contributed by atoms with Crippen LogP contribution in [-0.4, -0.2) is 17.1 Å². The number of hydrogen-bond donors (Lipinski definition) is 0. The quantitative estimate of drug-likeness (QED) is 0.401. The Balaban J connectivity index is 1.75. The van der Waals surface area contributed by atoms with Gasteiger partial charge in [0.15, 0.2) is 5.43 Å². The Morgan fingerprint density at radius 2 is 1.84 bits per heavy atom. The Kier molecular flexibility index (Phi) is 4.74. The van der Waals surface area contributed by atoms with Crippen molar-refractivity contribution in [1.29, 1.82) is 0 Å². The van der Waals surface area contributed by atoms with E-state index in [-0.39, 0.29) is 23.6 Å². The number of amides is 1. The molecule has 2 aromatic carbocycles. The van der Waals surface area contributed by atoms with Crippen molar-refractivity contribution in [2.75, 3.05) is 6.26 Å². The Labute approximate surface area is 183 Å². The van der Waals surface area contributed by atoms with Crippen LogP contribution in [0.15, 0.2) is 73.3 Å². The minimum atomic E-state index is -0.537. The van der Waals surface area contributed by atoms with Gasteiger partial charge >= 0.3 is 0 Å². The lowest BCUT2D eigenvalue weighted by atomic mass is 9.97. The molecule has 0 spiro atoms. The number of fused-ring (bicyclic) bond motifs is 2. The molecule has 0 aliphatic carbocycles. The summed E-state index contributed by atoms with van der Waals surface area (Å²) in [7, 11) is 0. The highest BCUT2D eigenvalue weighted by Gasteiger charge is 2.43. The second-order valence-electron chi connectivity index (χ2n) is 7.82. The van der Waals surface area contributed by atoms with E-state index in [0.717, 1.165) is 21.6 Å². The monoisotopic (exact) mass is 431 g/mol. The van der Waals surface area contributed by atoms with Gasteiger partial charge in [0.2, 0.25) is 5.76 Å². The lowest BCUT2D eigenvalue weighted by Crippen LogP contribution is -2.29. The highest BCUT2D eigenvalue weighted by molar-refractivity contribution is 7.98. The zero-order chi connectivity index (χ0) is 21.7. The van der Waals surface area contributed by atoms with Gasteiger partial charge in [-0.2, -0.15) is 0 Å². The molecule has 0 N–H and O–H groups in total. The third kappa shape index (κ3) is 3.18. The molecule has 0 bridgehead atoms. The van der Waals surface area contributed by atoms with Gasteiger partial charge in [-0.1, -0.05) is 18.2 Å². The maximum Gasteiger partial charge on any atom is 0.291 e. The molecule has 1 atom stereocenters. The molecular weight excluding hydrogens is 410 g/mol. The van der Waals surface area contributed by atoms with Gasteiger partial charge in [-0.3, -0.25) is 9.59 Å². The van der Waals surface area contributed by atoms with Gasteiger partial charge in [-0.15, -0.1) is 11.8 Å². The van der Waals surface area contributed by atoms with Crippen LogP contribution in [0.2, 0.25) is 0 Å². The summed E-state index contributed by atoms with van der Waals surface area (Å²) in [5.41, 5.74) is 3.40. The standard InChI is InChI=1S/C25H21NO4S/c1-14-11-15(2)23-19(12-14)22(27)20-21(16-6-8-18(31-3)9-7-16)26(25(28)24(20)30-23)13-17-5-4-10-29-17/h4-12,21H,13H2,1-3H3. The second kappa shape index (κ2) is 7.46. The molecule has 156 valence electrons. The predicted molar refractivity (Wildman–Crippen MR) is 121 cm³/mol. The van der Waals surface area contributed by atoms with E-state index in [0.29, 0.717) is 22.3 Å². The molecule has 2 aromatic heterocycles. The van der Waals surface area contributed by atoms with E-state index >= 15 is 0 Å². The van der Waals surface area contributed by atoms with Crippen LogP contribution in [0.5, 0.6) is 0 Å². The highest BCUT2D eigenvalue weighted by atomic mass is 32.2. The maximum absolute atomic E-state index is 13.7. The lowest BCUT2D eigenvalue weighted by molar-refractivity contribution is 0.0701. The van der Waals surface area contributed by atoms with E-state index in [2.05, 4.69) is 0 Å². The molecule has 1 aliphatic heterocycles. The average Bonchev–Trinajstić information content (AvgIpc) is 3.37. The molecule has 0 radical (unpaired) electrons. The van der Waals surface area contributed by atoms with Gasteiger partial charge in [0.1, 0.15) is 11.3 Å². The number of carbonyl (C=O) groups excluding carboxylic acids is 1. The van der Waals surface area contributed by atoms with E-state index < -0.39 is 6.04 Å². The smallest absolute Gasteiger partial charge is 0.291 e. The van der Waals surface area contributed by atoms with Gasteiger partial charge in [0, 0.05) is 4.90 Å². The first-order valence-electron chi connectivity index (χ1n) is 10.0. The lowest BCUT2D eigenvalue weighted by Gasteiger charge is -2.24. The van der Waals surface area contributed by atoms with E-state index in [4.69, 9.17) is 8.83 Å². The fourth-order valence-corrected chi connectivity index (χ4v) is 4.75. The Morgan fingerprint density at radius 3 is 2.52 bits per heavy atom. The SMILES string of the molecule is CSc1ccc(C2c3c(oc4c(C)cc(C)cc4c3=O)C(=O)N2Cc2ccco2)cc1. The maximum atomic E-state index is 13.7. The topological polar surface area (TPSA) is 63.7 Å². The van der Waals surface area contributed by atoms with Crippen molar-refractivity contribution >= 4 is 28.6 Å². The number of rotatable bonds is 4. The molecule has 1 amide bonds. The molecule has 1 aliphatic rings. The van der Waals surface area contributed by atoms with Crippen molar-refractivity contribution < 1.29 is 13.6 Å². The van der Waals surface area contributed by atoms with Gasteiger partial charge in [0.25, 0.3) is 5.91 Å². The summed E-state index contributed by atoms with van der Waals surface area (Å²) >= 11 is 1.64. The summed E-state index contributed by atoms with van der Waals surface area (Å²) in [6, 6.07) is 14.8. The number of carbonyl (C=O) groups is 1. The number of aryl methyl sites for hydroxylation is 2.